The molecule has 0 radical (unpaired) electrons. The average molecular weight is 883 g/mol. The predicted molar refractivity (Wildman–Crippen MR) is 232 cm³/mol. The molecule has 6 atom stereocenters. The maximum Gasteiger partial charge on any atom is 0.336 e. The average Bonchev–Trinajstić information content (AvgIpc) is 4.09. The molecule has 2 saturated carbocycles. The molecule has 0 amide bonds. The zero-order valence-corrected chi connectivity index (χ0v) is 35.1. The molecule has 64 heavy (non-hydrogen) atoms. The number of nitrogen functional groups attached to an aromatic ring is 1. The van der Waals surface area contributed by atoms with Crippen molar-refractivity contribution in [2.24, 2.45) is 5.41 Å². The van der Waals surface area contributed by atoms with Crippen LogP contribution in [0.15, 0.2) is 82.0 Å². The summed E-state index contributed by atoms with van der Waals surface area (Å²) in [6.07, 6.45) is -2.30. The highest BCUT2D eigenvalue weighted by Crippen LogP contribution is 2.55. The Hall–Kier alpha value is -5.82. The lowest BCUT2D eigenvalue weighted by Gasteiger charge is -2.59. The van der Waals surface area contributed by atoms with Crippen LogP contribution in [0.2, 0.25) is 0 Å². The number of carbonyl (C=O) groups is 1. The van der Waals surface area contributed by atoms with Crippen molar-refractivity contribution in [3.05, 3.63) is 94.3 Å². The van der Waals surface area contributed by atoms with Crippen molar-refractivity contribution < 1.29 is 58.8 Å². The lowest BCUT2D eigenvalue weighted by molar-refractivity contribution is -0.338. The Bertz CT molecular complexity index is 2540. The van der Waals surface area contributed by atoms with Gasteiger partial charge in [-0.25, -0.2) is 4.79 Å². The van der Waals surface area contributed by atoms with E-state index in [-0.39, 0.29) is 34.0 Å². The predicted octanol–water partition coefficient (Wildman–Crippen LogP) is 4.36. The second kappa shape index (κ2) is 17.3. The smallest absolute Gasteiger partial charge is 0.336 e. The first-order chi connectivity index (χ1) is 30.8. The van der Waals surface area contributed by atoms with Gasteiger partial charge in [-0.3, -0.25) is 10.1 Å². The molecule has 2 aliphatic heterocycles. The number of carboxylic acid groups (broad SMARTS) is 1. The number of rotatable bonds is 13. The molecule has 17 heteroatoms. The number of hydrogen-bond donors (Lipinski definition) is 10. The van der Waals surface area contributed by atoms with Crippen LogP contribution in [0.3, 0.4) is 0 Å². The number of aliphatic hydroxyl groups excluding tert-OH is 2. The fraction of sp³-hybridized carbons (Fsp3) is 0.447. The van der Waals surface area contributed by atoms with Crippen LogP contribution >= 0.6 is 0 Å². The number of nitrogens with one attached hydrogen (secondary N) is 3. The standard InChI is InChI=1S/C47H54N4O13/c48-36-14-11-28(51-36)15-20-60-30-12-9-26(10-13-30)32-22-31(53)37-33(61-32)23-34(40(38(37)54)64-46(18-4-5-19-46)27-7-6-8-29(52)21-27)62-44-39(55)41(56)47(59,42(63-44)43(57)58)45(16-2-1-3-17-45)35-24-49-25-50-35/h6-14,21-23,35,39,41-42,44,49-52,54-56,59H,1-5,15-20,24-25,48H2,(H,57,58). The minimum atomic E-state index is -2.48. The summed E-state index contributed by atoms with van der Waals surface area (Å²) in [6, 6.07) is 19.1. The molecular formula is C47H54N4O13. The number of H-pyrrole nitrogens is 1. The molecule has 11 N–H and O–H groups in total. The maximum absolute atomic E-state index is 14.0. The number of aliphatic carboxylic acids is 1. The normalized spacial score (nSPS) is 26.5. The van der Waals surface area contributed by atoms with Gasteiger partial charge in [-0.05, 0) is 92.6 Å². The number of carboxylic acids is 1. The second-order valence-corrected chi connectivity index (χ2v) is 17.5. The third kappa shape index (κ3) is 7.69. The highest BCUT2D eigenvalue weighted by molar-refractivity contribution is 5.89. The van der Waals surface area contributed by atoms with Crippen LogP contribution in [0.1, 0.15) is 69.0 Å². The van der Waals surface area contributed by atoms with E-state index in [1.54, 1.807) is 48.5 Å². The van der Waals surface area contributed by atoms with Crippen LogP contribution in [0.25, 0.3) is 22.3 Å². The molecule has 17 nitrogen and oxygen atoms in total. The van der Waals surface area contributed by atoms with Crippen molar-refractivity contribution >= 4 is 22.8 Å². The van der Waals surface area contributed by atoms with E-state index in [4.69, 9.17) is 29.1 Å². The SMILES string of the molecule is Nc1ccc(CCOc2ccc(-c3cc(=O)c4c(O)c(OC5(c6cccc(O)c6)CCCC5)c(OC5OC(C(=O)O)C(O)(C6(C7CNCN7)CCCCC6)C(O)C5O)cc4o3)cc2)[nH]1. The van der Waals surface area contributed by atoms with E-state index in [0.29, 0.717) is 87.5 Å². The number of ether oxygens (including phenoxy) is 4. The molecule has 4 fully saturated rings. The molecule has 2 aliphatic carbocycles. The number of aliphatic hydroxyl groups is 3. The molecule has 5 aromatic rings. The second-order valence-electron chi connectivity index (χ2n) is 17.5. The van der Waals surface area contributed by atoms with E-state index in [1.807, 2.05) is 6.07 Å². The number of benzene rings is 3. The van der Waals surface area contributed by atoms with Crippen molar-refractivity contribution in [2.75, 3.05) is 25.6 Å². The Balaban J connectivity index is 1.09. The van der Waals surface area contributed by atoms with Crippen molar-refractivity contribution in [3.8, 4) is 40.1 Å². The number of aromatic amines is 1. The van der Waals surface area contributed by atoms with E-state index < -0.39 is 64.4 Å². The number of fused-ring (bicyclic) bond motifs is 1. The molecular weight excluding hydrogens is 829 g/mol. The number of phenols is 2. The number of phenolic OH excluding ortho intramolecular Hbond substituents is 2. The van der Waals surface area contributed by atoms with E-state index >= 15 is 0 Å². The molecule has 0 spiro atoms. The van der Waals surface area contributed by atoms with E-state index in [9.17, 15) is 40.2 Å². The monoisotopic (exact) mass is 882 g/mol. The van der Waals surface area contributed by atoms with Gasteiger partial charge in [0.1, 0.15) is 57.5 Å². The van der Waals surface area contributed by atoms with Gasteiger partial charge in [0, 0.05) is 54.5 Å². The van der Waals surface area contributed by atoms with Crippen molar-refractivity contribution in [1.29, 1.82) is 0 Å². The molecule has 4 heterocycles. The summed E-state index contributed by atoms with van der Waals surface area (Å²) in [5.74, 6) is -1.65. The number of aromatic hydroxyl groups is 2. The number of anilines is 1. The summed E-state index contributed by atoms with van der Waals surface area (Å²) in [7, 11) is 0. The van der Waals surface area contributed by atoms with Gasteiger partial charge in [0.2, 0.25) is 12.0 Å². The van der Waals surface area contributed by atoms with Gasteiger partial charge in [-0.2, -0.15) is 0 Å². The van der Waals surface area contributed by atoms with Crippen LogP contribution in [0.5, 0.6) is 28.7 Å². The summed E-state index contributed by atoms with van der Waals surface area (Å²) in [5, 5.41) is 76.2. The molecule has 0 bridgehead atoms. The largest absolute Gasteiger partial charge is 0.508 e. The van der Waals surface area contributed by atoms with Crippen molar-refractivity contribution in [1.82, 2.24) is 15.6 Å². The maximum atomic E-state index is 14.0. The Morgan fingerprint density at radius 1 is 0.922 bits per heavy atom. The number of nitrogens with two attached hydrogens (primary N) is 1. The number of aromatic nitrogens is 1. The van der Waals surface area contributed by atoms with Gasteiger partial charge >= 0.3 is 5.97 Å². The summed E-state index contributed by atoms with van der Waals surface area (Å²) >= 11 is 0. The summed E-state index contributed by atoms with van der Waals surface area (Å²) in [6.45, 7) is 1.18. The molecule has 2 saturated heterocycles. The lowest BCUT2D eigenvalue weighted by Crippen LogP contribution is -2.77. The fourth-order valence-corrected chi connectivity index (χ4v) is 10.6. The lowest BCUT2D eigenvalue weighted by atomic mass is 9.54. The van der Waals surface area contributed by atoms with Crippen molar-refractivity contribution in [3.63, 3.8) is 0 Å². The van der Waals surface area contributed by atoms with Gasteiger partial charge < -0.3 is 70.0 Å². The highest BCUT2D eigenvalue weighted by Gasteiger charge is 2.69. The van der Waals surface area contributed by atoms with E-state index in [2.05, 4.69) is 15.6 Å². The molecule has 2 aromatic heterocycles. The molecule has 4 aliphatic rings. The Kier molecular flexibility index (Phi) is 11.7. The Labute approximate surface area is 367 Å². The van der Waals surface area contributed by atoms with Crippen LogP contribution in [-0.4, -0.2) is 97.7 Å². The van der Waals surface area contributed by atoms with Crippen molar-refractivity contribution in [2.45, 2.75) is 106 Å². The minimum Gasteiger partial charge on any atom is -0.508 e. The first-order valence-corrected chi connectivity index (χ1v) is 21.9. The zero-order chi connectivity index (χ0) is 44.8. The van der Waals surface area contributed by atoms with Crippen LogP contribution in [0.4, 0.5) is 5.82 Å². The topological polar surface area (TPSA) is 271 Å². The molecule has 340 valence electrons. The molecule has 3 aromatic carbocycles. The zero-order valence-electron chi connectivity index (χ0n) is 35.1. The van der Waals surface area contributed by atoms with Crippen LogP contribution in [-0.2, 0) is 21.6 Å². The van der Waals surface area contributed by atoms with Gasteiger partial charge in [0.25, 0.3) is 0 Å². The van der Waals surface area contributed by atoms with E-state index in [1.165, 1.54) is 18.2 Å². The van der Waals surface area contributed by atoms with Gasteiger partial charge in [0.05, 0.1) is 6.61 Å². The third-order valence-corrected chi connectivity index (χ3v) is 13.8. The quantitative estimate of drug-likeness (QED) is 0.0787. The van der Waals surface area contributed by atoms with Gasteiger partial charge in [-0.1, -0.05) is 31.4 Å². The third-order valence-electron chi connectivity index (χ3n) is 13.8. The van der Waals surface area contributed by atoms with Crippen LogP contribution < -0.4 is 36.0 Å². The Morgan fingerprint density at radius 2 is 1.67 bits per heavy atom. The van der Waals surface area contributed by atoms with Gasteiger partial charge in [-0.15, -0.1) is 0 Å². The fourth-order valence-electron chi connectivity index (χ4n) is 10.6. The minimum absolute atomic E-state index is 0.0132. The Morgan fingerprint density at radius 3 is 2.34 bits per heavy atom. The number of hydrogen-bond acceptors (Lipinski definition) is 15. The van der Waals surface area contributed by atoms with Gasteiger partial charge in [0.15, 0.2) is 23.0 Å². The van der Waals surface area contributed by atoms with Crippen LogP contribution in [0, 0.1) is 5.41 Å². The van der Waals surface area contributed by atoms with E-state index in [0.717, 1.165) is 25.0 Å². The highest BCUT2D eigenvalue weighted by atomic mass is 16.7. The molecule has 6 unspecified atom stereocenters. The summed E-state index contributed by atoms with van der Waals surface area (Å²) in [4.78, 5) is 30.3. The first kappa shape index (κ1) is 43.4. The molecule has 9 rings (SSSR count). The summed E-state index contributed by atoms with van der Waals surface area (Å²) < 4.78 is 31.3. The first-order valence-electron chi connectivity index (χ1n) is 21.9. The summed E-state index contributed by atoms with van der Waals surface area (Å²) in [5.41, 5.74) is 2.19.